The summed E-state index contributed by atoms with van der Waals surface area (Å²) < 4.78 is 0. The zero-order valence-corrected chi connectivity index (χ0v) is 21.3. The molecule has 0 unspecified atom stereocenters. The van der Waals surface area contributed by atoms with E-state index in [1.807, 2.05) is 6.08 Å². The minimum Gasteiger partial charge on any atom is -0.396 e. The van der Waals surface area contributed by atoms with Crippen LogP contribution in [0.15, 0.2) is 11.6 Å². The van der Waals surface area contributed by atoms with Crippen molar-refractivity contribution in [3.8, 4) is 12.3 Å². The third-order valence-electron chi connectivity index (χ3n) is 9.70. The molecular weight excluding hydrogens is 408 g/mol. The fourth-order valence-corrected chi connectivity index (χ4v) is 7.68. The highest BCUT2D eigenvalue weighted by atomic mass is 16.3. The van der Waals surface area contributed by atoms with Gasteiger partial charge in [0.15, 0.2) is 5.78 Å². The van der Waals surface area contributed by atoms with Crippen molar-refractivity contribution in [2.45, 2.75) is 122 Å². The molecule has 4 aliphatic rings. The molecule has 0 heterocycles. The van der Waals surface area contributed by atoms with Crippen molar-refractivity contribution >= 4 is 5.78 Å². The largest absolute Gasteiger partial charge is 0.396 e. The summed E-state index contributed by atoms with van der Waals surface area (Å²) in [6.45, 7) is 4.84. The Kier molecular flexibility index (Phi) is 9.66. The van der Waals surface area contributed by atoms with Crippen LogP contribution in [0.3, 0.4) is 0 Å². The van der Waals surface area contributed by atoms with E-state index in [1.165, 1.54) is 56.9 Å². The number of terminal acetylenes is 1. The average molecular weight is 457 g/mol. The van der Waals surface area contributed by atoms with E-state index in [2.05, 4.69) is 19.8 Å². The molecule has 0 aliphatic heterocycles. The Morgan fingerprint density at radius 2 is 1.67 bits per heavy atom. The van der Waals surface area contributed by atoms with Crippen molar-refractivity contribution < 1.29 is 15.0 Å². The van der Waals surface area contributed by atoms with Crippen LogP contribution in [0.2, 0.25) is 0 Å². The minimum atomic E-state index is -0.902. The molecule has 186 valence electrons. The van der Waals surface area contributed by atoms with E-state index in [9.17, 15) is 9.90 Å². The van der Waals surface area contributed by atoms with E-state index in [1.54, 1.807) is 0 Å². The zero-order valence-electron chi connectivity index (χ0n) is 21.3. The average Bonchev–Trinajstić information content (AvgIpc) is 3.10. The van der Waals surface area contributed by atoms with Gasteiger partial charge in [-0.15, -0.1) is 6.42 Å². The summed E-state index contributed by atoms with van der Waals surface area (Å²) in [5.41, 5.74) is 0.418. The van der Waals surface area contributed by atoms with Crippen molar-refractivity contribution in [2.24, 2.45) is 29.1 Å². The number of unbranched alkanes of at least 4 members (excludes halogenated alkanes) is 7. The third-order valence-corrected chi connectivity index (χ3v) is 9.70. The molecule has 6 atom stereocenters. The number of aliphatic hydroxyl groups excluding tert-OH is 1. The first-order chi connectivity index (χ1) is 15.9. The maximum absolute atomic E-state index is 11.7. The summed E-state index contributed by atoms with van der Waals surface area (Å²) in [6.07, 6.45) is 26.1. The van der Waals surface area contributed by atoms with Crippen LogP contribution in [0.4, 0.5) is 0 Å². The maximum atomic E-state index is 11.7. The van der Waals surface area contributed by atoms with Gasteiger partial charge in [-0.1, -0.05) is 70.3 Å². The summed E-state index contributed by atoms with van der Waals surface area (Å²) in [4.78, 5) is 11.7. The number of hydrogen-bond donors (Lipinski definition) is 2. The van der Waals surface area contributed by atoms with Gasteiger partial charge in [0.1, 0.15) is 5.60 Å². The molecule has 0 saturated heterocycles. The van der Waals surface area contributed by atoms with E-state index in [4.69, 9.17) is 11.5 Å². The number of carbonyl (C=O) groups excluding carboxylic acids is 1. The van der Waals surface area contributed by atoms with E-state index in [0.29, 0.717) is 36.1 Å². The first-order valence-electron chi connectivity index (χ1n) is 13.9. The number of carbonyl (C=O) groups is 1. The minimum absolute atomic E-state index is 0.103. The smallest absolute Gasteiger partial charge is 0.155 e. The van der Waals surface area contributed by atoms with E-state index >= 15 is 0 Å². The Bertz CT molecular complexity index is 711. The molecule has 3 saturated carbocycles. The fourth-order valence-electron chi connectivity index (χ4n) is 7.68. The lowest BCUT2D eigenvalue weighted by Crippen LogP contribution is -2.52. The molecule has 0 aromatic rings. The van der Waals surface area contributed by atoms with Gasteiger partial charge in [-0.05, 0) is 81.1 Å². The molecule has 0 radical (unpaired) electrons. The van der Waals surface area contributed by atoms with Crippen LogP contribution in [0.5, 0.6) is 0 Å². The Morgan fingerprint density at radius 3 is 2.33 bits per heavy atom. The van der Waals surface area contributed by atoms with Crippen molar-refractivity contribution in [3.63, 3.8) is 0 Å². The first-order valence-corrected chi connectivity index (χ1v) is 13.9. The second-order valence-corrected chi connectivity index (χ2v) is 11.5. The quantitative estimate of drug-likeness (QED) is 0.319. The Balaban J connectivity index is 0.000000239. The number of ketones is 1. The van der Waals surface area contributed by atoms with Crippen LogP contribution in [-0.4, -0.2) is 28.2 Å². The third kappa shape index (κ3) is 5.76. The second kappa shape index (κ2) is 12.0. The van der Waals surface area contributed by atoms with E-state index in [0.717, 1.165) is 51.4 Å². The van der Waals surface area contributed by atoms with Crippen molar-refractivity contribution in [1.29, 1.82) is 0 Å². The predicted octanol–water partition coefficient (Wildman–Crippen LogP) is 6.61. The lowest BCUT2D eigenvalue weighted by atomic mass is 9.50. The molecule has 33 heavy (non-hydrogen) atoms. The molecule has 0 spiro atoms. The van der Waals surface area contributed by atoms with E-state index in [-0.39, 0.29) is 5.41 Å². The van der Waals surface area contributed by atoms with Gasteiger partial charge in [0.2, 0.25) is 0 Å². The van der Waals surface area contributed by atoms with Gasteiger partial charge < -0.3 is 10.2 Å². The summed E-state index contributed by atoms with van der Waals surface area (Å²) >= 11 is 0. The van der Waals surface area contributed by atoms with Gasteiger partial charge in [-0.2, -0.15) is 0 Å². The molecule has 3 heteroatoms. The van der Waals surface area contributed by atoms with Crippen LogP contribution in [0, 0.1) is 41.4 Å². The molecule has 3 fully saturated rings. The summed E-state index contributed by atoms with van der Waals surface area (Å²) in [6, 6.07) is 0. The summed E-state index contributed by atoms with van der Waals surface area (Å²) in [7, 11) is 0. The standard InChI is InChI=1S/C20H26O2.C10H22O/c1-3-20(22)11-9-18-17-6-4-13-12-14(21)5-7-15(13)16(17)8-10-19(18,20)2;1-2-3-4-5-6-7-8-9-10-11/h1,12,15-18,22H,4-11H2,2H3;11H,2-10H2,1H3/t15-,16+,17+,18-,19-,20-;/m0./s1. The summed E-state index contributed by atoms with van der Waals surface area (Å²) in [5, 5.41) is 19.4. The number of allylic oxidation sites excluding steroid dienone is 1. The molecule has 3 nitrogen and oxygen atoms in total. The van der Waals surface area contributed by atoms with Crippen molar-refractivity contribution in [3.05, 3.63) is 11.6 Å². The van der Waals surface area contributed by atoms with E-state index < -0.39 is 5.60 Å². The fraction of sp³-hybridized carbons (Fsp3) is 0.833. The number of hydrogen-bond acceptors (Lipinski definition) is 3. The van der Waals surface area contributed by atoms with Gasteiger partial charge in [0.25, 0.3) is 0 Å². The topological polar surface area (TPSA) is 57.5 Å². The lowest BCUT2D eigenvalue weighted by Gasteiger charge is -2.54. The van der Waals surface area contributed by atoms with Gasteiger partial charge in [0.05, 0.1) is 0 Å². The Morgan fingerprint density at radius 1 is 0.970 bits per heavy atom. The second-order valence-electron chi connectivity index (χ2n) is 11.5. The Hall–Kier alpha value is -1.11. The van der Waals surface area contributed by atoms with Gasteiger partial charge >= 0.3 is 0 Å². The molecule has 0 aromatic heterocycles. The van der Waals surface area contributed by atoms with Gasteiger partial charge in [-0.3, -0.25) is 4.79 Å². The van der Waals surface area contributed by atoms with Crippen LogP contribution in [0.25, 0.3) is 0 Å². The van der Waals surface area contributed by atoms with Crippen LogP contribution in [-0.2, 0) is 4.79 Å². The van der Waals surface area contributed by atoms with Crippen LogP contribution < -0.4 is 0 Å². The van der Waals surface area contributed by atoms with Crippen LogP contribution >= 0.6 is 0 Å². The first kappa shape index (κ1) is 26.5. The normalized spacial score (nSPS) is 37.1. The highest BCUT2D eigenvalue weighted by molar-refractivity contribution is 5.91. The van der Waals surface area contributed by atoms with Gasteiger partial charge in [0, 0.05) is 18.4 Å². The molecule has 0 aromatic carbocycles. The molecule has 0 bridgehead atoms. The SMILES string of the molecule is C#C[C@]1(O)CC[C@H]2[C@@H]3CCC4=CC(=O)CC[C@@H]4[C@H]3CC[C@@]21C.CCCCCCCCCCO. The molecule has 2 N–H and O–H groups in total. The number of aliphatic hydroxyl groups is 2. The summed E-state index contributed by atoms with van der Waals surface area (Å²) in [5.74, 6) is 5.66. The maximum Gasteiger partial charge on any atom is 0.155 e. The number of rotatable bonds is 8. The van der Waals surface area contributed by atoms with Crippen LogP contribution in [0.1, 0.15) is 117 Å². The molecule has 0 amide bonds. The molecule has 4 aliphatic carbocycles. The highest BCUT2D eigenvalue weighted by Crippen LogP contribution is 2.64. The molecular formula is C30H48O3. The monoisotopic (exact) mass is 456 g/mol. The zero-order chi connectivity index (χ0) is 23.9. The number of fused-ring (bicyclic) bond motifs is 5. The Labute approximate surface area is 202 Å². The lowest BCUT2D eigenvalue weighted by molar-refractivity contribution is -0.116. The van der Waals surface area contributed by atoms with Crippen molar-refractivity contribution in [1.82, 2.24) is 0 Å². The van der Waals surface area contributed by atoms with Crippen molar-refractivity contribution in [2.75, 3.05) is 6.61 Å². The molecule has 4 rings (SSSR count). The predicted molar refractivity (Wildman–Crippen MR) is 136 cm³/mol. The highest BCUT2D eigenvalue weighted by Gasteiger charge is 2.61. The van der Waals surface area contributed by atoms with Gasteiger partial charge in [-0.25, -0.2) is 0 Å².